The van der Waals surface area contributed by atoms with Gasteiger partial charge in [0.2, 0.25) is 0 Å². The lowest BCUT2D eigenvalue weighted by molar-refractivity contribution is -0.144. The topological polar surface area (TPSA) is 90.5 Å². The molecule has 7 nitrogen and oxygen atoms in total. The van der Waals surface area contributed by atoms with Crippen LogP contribution in [0, 0.1) is 0 Å². The molecule has 27 heavy (non-hydrogen) atoms. The molecule has 0 aliphatic rings. The van der Waals surface area contributed by atoms with Crippen LogP contribution in [0.5, 0.6) is 5.75 Å². The maximum absolute atomic E-state index is 12.6. The number of hydrogen-bond acceptors (Lipinski definition) is 5. The third-order valence-electron chi connectivity index (χ3n) is 3.92. The molecule has 0 saturated carbocycles. The van der Waals surface area contributed by atoms with Gasteiger partial charge < -0.3 is 4.74 Å². The van der Waals surface area contributed by atoms with Crippen LogP contribution in [-0.4, -0.2) is 50.0 Å². The SMILES string of the molecule is COc1ccc(Cc2c(S(N)(=O)=O)nn(C)c2CN(C)CC(F)(F)F)cc1. The Bertz CT molecular complexity index is 893. The van der Waals surface area contributed by atoms with Crippen LogP contribution in [0.25, 0.3) is 0 Å². The molecule has 0 saturated heterocycles. The fraction of sp³-hybridized carbons (Fsp3) is 0.438. The number of nitrogens with two attached hydrogens (primary N) is 1. The molecule has 0 fully saturated rings. The largest absolute Gasteiger partial charge is 0.497 e. The third-order valence-corrected chi connectivity index (χ3v) is 4.78. The molecule has 0 unspecified atom stereocenters. The fourth-order valence-electron chi connectivity index (χ4n) is 2.74. The van der Waals surface area contributed by atoms with Gasteiger partial charge in [-0.1, -0.05) is 12.1 Å². The summed E-state index contributed by atoms with van der Waals surface area (Å²) >= 11 is 0. The van der Waals surface area contributed by atoms with Crippen LogP contribution in [-0.2, 0) is 30.0 Å². The molecule has 1 aromatic carbocycles. The summed E-state index contributed by atoms with van der Waals surface area (Å²) in [6, 6.07) is 6.89. The number of methoxy groups -OCH3 is 1. The Labute approximate surface area is 155 Å². The van der Waals surface area contributed by atoms with Gasteiger partial charge in [-0.3, -0.25) is 9.58 Å². The number of halogens is 3. The predicted octanol–water partition coefficient (Wildman–Crippen LogP) is 1.66. The van der Waals surface area contributed by atoms with Crippen LogP contribution >= 0.6 is 0 Å². The first-order valence-electron chi connectivity index (χ1n) is 7.86. The number of aryl methyl sites for hydroxylation is 1. The Morgan fingerprint density at radius 2 is 1.85 bits per heavy atom. The number of sulfonamides is 1. The average Bonchev–Trinajstić information content (AvgIpc) is 2.83. The molecule has 1 heterocycles. The molecule has 2 rings (SSSR count). The van der Waals surface area contributed by atoms with Gasteiger partial charge in [0.25, 0.3) is 10.0 Å². The lowest BCUT2D eigenvalue weighted by Crippen LogP contribution is -2.31. The zero-order valence-electron chi connectivity index (χ0n) is 15.1. The summed E-state index contributed by atoms with van der Waals surface area (Å²) in [6.07, 6.45) is -4.22. The molecule has 0 bridgehead atoms. The van der Waals surface area contributed by atoms with E-state index in [0.717, 1.165) is 10.5 Å². The number of benzene rings is 1. The van der Waals surface area contributed by atoms with Crippen molar-refractivity contribution < 1.29 is 26.3 Å². The first-order valence-corrected chi connectivity index (χ1v) is 9.41. The van der Waals surface area contributed by atoms with Gasteiger partial charge in [0.05, 0.1) is 19.3 Å². The summed E-state index contributed by atoms with van der Waals surface area (Å²) in [4.78, 5) is 1.04. The summed E-state index contributed by atoms with van der Waals surface area (Å²) in [6.45, 7) is -1.27. The van der Waals surface area contributed by atoms with Gasteiger partial charge >= 0.3 is 6.18 Å². The van der Waals surface area contributed by atoms with Crippen molar-refractivity contribution in [2.75, 3.05) is 20.7 Å². The number of hydrogen-bond donors (Lipinski definition) is 1. The van der Waals surface area contributed by atoms with Crippen molar-refractivity contribution in [3.8, 4) is 5.75 Å². The van der Waals surface area contributed by atoms with E-state index in [0.29, 0.717) is 11.4 Å². The molecule has 0 aliphatic heterocycles. The summed E-state index contributed by atoms with van der Waals surface area (Å²) in [5, 5.41) is 8.85. The van der Waals surface area contributed by atoms with E-state index in [9.17, 15) is 21.6 Å². The molecule has 0 radical (unpaired) electrons. The monoisotopic (exact) mass is 406 g/mol. The molecular weight excluding hydrogens is 385 g/mol. The Kier molecular flexibility index (Phi) is 6.17. The van der Waals surface area contributed by atoms with E-state index < -0.39 is 22.7 Å². The number of alkyl halides is 3. The Morgan fingerprint density at radius 1 is 1.26 bits per heavy atom. The smallest absolute Gasteiger partial charge is 0.401 e. The first-order chi connectivity index (χ1) is 12.4. The van der Waals surface area contributed by atoms with Crippen molar-refractivity contribution in [3.05, 3.63) is 41.1 Å². The standard InChI is InChI=1S/C16H21F3N4O3S/c1-22(10-16(17,18)19)9-14-13(15(21-23(14)2)27(20,24)25)8-11-4-6-12(26-3)7-5-11/h4-7H,8-10H2,1-3H3,(H2,20,24,25). The minimum absolute atomic E-state index is 0.135. The van der Waals surface area contributed by atoms with Gasteiger partial charge in [-0.25, -0.2) is 13.6 Å². The highest BCUT2D eigenvalue weighted by Crippen LogP contribution is 2.25. The van der Waals surface area contributed by atoms with Crippen molar-refractivity contribution in [1.29, 1.82) is 0 Å². The van der Waals surface area contributed by atoms with E-state index in [2.05, 4.69) is 5.10 Å². The zero-order chi connectivity index (χ0) is 20.4. The van der Waals surface area contributed by atoms with Gasteiger partial charge in [0.15, 0.2) is 5.03 Å². The summed E-state index contributed by atoms with van der Waals surface area (Å²) < 4.78 is 68.1. The first kappa shape index (κ1) is 21.2. The zero-order valence-corrected chi connectivity index (χ0v) is 15.9. The fourth-order valence-corrected chi connectivity index (χ4v) is 3.51. The lowest BCUT2D eigenvalue weighted by atomic mass is 10.0. The van der Waals surface area contributed by atoms with Gasteiger partial charge in [-0.15, -0.1) is 0 Å². The molecule has 11 heteroatoms. The van der Waals surface area contributed by atoms with Crippen LogP contribution in [0.3, 0.4) is 0 Å². The second-order valence-corrected chi connectivity index (χ2v) is 7.69. The van der Waals surface area contributed by atoms with Crippen LogP contribution in [0.2, 0.25) is 0 Å². The number of rotatable bonds is 7. The molecule has 2 aromatic rings. The van der Waals surface area contributed by atoms with Crippen molar-refractivity contribution in [2.24, 2.45) is 12.2 Å². The predicted molar refractivity (Wildman–Crippen MR) is 92.8 cm³/mol. The highest BCUT2D eigenvalue weighted by molar-refractivity contribution is 7.89. The highest BCUT2D eigenvalue weighted by Gasteiger charge is 2.31. The van der Waals surface area contributed by atoms with E-state index in [1.807, 2.05) is 0 Å². The molecule has 0 spiro atoms. The molecule has 0 amide bonds. The Hall–Kier alpha value is -2.11. The van der Waals surface area contributed by atoms with Gasteiger partial charge in [-0.2, -0.15) is 18.3 Å². The summed E-state index contributed by atoms with van der Waals surface area (Å²) in [5.74, 6) is 0.627. The van der Waals surface area contributed by atoms with Crippen LogP contribution in [0.15, 0.2) is 29.3 Å². The minimum atomic E-state index is -4.37. The van der Waals surface area contributed by atoms with Crippen molar-refractivity contribution in [2.45, 2.75) is 24.2 Å². The molecular formula is C16H21F3N4O3S. The Morgan fingerprint density at radius 3 is 2.33 bits per heavy atom. The van der Waals surface area contributed by atoms with Crippen molar-refractivity contribution in [3.63, 3.8) is 0 Å². The highest BCUT2D eigenvalue weighted by atomic mass is 32.2. The second-order valence-electron chi connectivity index (χ2n) is 6.21. The maximum Gasteiger partial charge on any atom is 0.401 e. The van der Waals surface area contributed by atoms with E-state index in [1.54, 1.807) is 24.3 Å². The van der Waals surface area contributed by atoms with Crippen LogP contribution in [0.4, 0.5) is 13.2 Å². The molecule has 1 aromatic heterocycles. The van der Waals surface area contributed by atoms with E-state index in [-0.39, 0.29) is 23.6 Å². The molecule has 0 atom stereocenters. The van der Waals surface area contributed by atoms with Gasteiger partial charge in [0.1, 0.15) is 5.75 Å². The number of ether oxygens (including phenoxy) is 1. The lowest BCUT2D eigenvalue weighted by Gasteiger charge is -2.19. The molecule has 0 aliphatic carbocycles. The third kappa shape index (κ3) is 5.68. The van der Waals surface area contributed by atoms with Crippen molar-refractivity contribution >= 4 is 10.0 Å². The summed E-state index contributed by atoms with van der Waals surface area (Å²) in [7, 11) is 0.156. The average molecular weight is 406 g/mol. The minimum Gasteiger partial charge on any atom is -0.497 e. The quantitative estimate of drug-likeness (QED) is 0.755. The van der Waals surface area contributed by atoms with Gasteiger partial charge in [-0.05, 0) is 24.7 Å². The summed E-state index contributed by atoms with van der Waals surface area (Å²) in [5.41, 5.74) is 1.37. The molecule has 150 valence electrons. The van der Waals surface area contributed by atoms with Crippen LogP contribution < -0.4 is 9.88 Å². The van der Waals surface area contributed by atoms with E-state index in [4.69, 9.17) is 9.88 Å². The normalized spacial score (nSPS) is 12.6. The maximum atomic E-state index is 12.6. The number of nitrogens with zero attached hydrogens (tertiary/aromatic N) is 3. The van der Waals surface area contributed by atoms with Crippen LogP contribution in [0.1, 0.15) is 16.8 Å². The Balaban J connectivity index is 2.42. The molecule has 2 N–H and O–H groups in total. The number of primary sulfonamides is 1. The second kappa shape index (κ2) is 7.87. The van der Waals surface area contributed by atoms with Gasteiger partial charge in [0, 0.05) is 25.6 Å². The van der Waals surface area contributed by atoms with Crippen molar-refractivity contribution in [1.82, 2.24) is 14.7 Å². The number of aromatic nitrogens is 2. The van der Waals surface area contributed by atoms with E-state index in [1.165, 1.54) is 25.9 Å². The van der Waals surface area contributed by atoms with E-state index >= 15 is 0 Å².